The zero-order valence-corrected chi connectivity index (χ0v) is 33.9. The summed E-state index contributed by atoms with van der Waals surface area (Å²) in [4.78, 5) is 15.6. The Labute approximate surface area is 354 Å². The third-order valence-corrected chi connectivity index (χ3v) is 12.9. The van der Waals surface area contributed by atoms with Gasteiger partial charge in [0.2, 0.25) is 0 Å². The van der Waals surface area contributed by atoms with Gasteiger partial charge in [0.05, 0.1) is 0 Å². The Morgan fingerprint density at radius 3 is 1.54 bits per heavy atom. The van der Waals surface area contributed by atoms with Gasteiger partial charge in [-0.1, -0.05) is 202 Å². The summed E-state index contributed by atoms with van der Waals surface area (Å²) in [6, 6.07) is 72.0. The van der Waals surface area contributed by atoms with Gasteiger partial charge in [0, 0.05) is 22.1 Å². The van der Waals surface area contributed by atoms with Crippen LogP contribution in [0.5, 0.6) is 0 Å². The van der Waals surface area contributed by atoms with E-state index in [0.717, 1.165) is 27.8 Å². The van der Waals surface area contributed by atoms with E-state index in [1.54, 1.807) is 0 Å². The van der Waals surface area contributed by atoms with Crippen LogP contribution in [-0.4, -0.2) is 15.0 Å². The Balaban J connectivity index is 0.974. The Morgan fingerprint density at radius 1 is 0.295 bits per heavy atom. The Kier molecular flexibility index (Phi) is 7.88. The Bertz CT molecular complexity index is 3550. The number of hydrogen-bond acceptors (Lipinski definition) is 3. The van der Waals surface area contributed by atoms with E-state index >= 15 is 0 Å². The zero-order valence-electron chi connectivity index (χ0n) is 33.9. The van der Waals surface area contributed by atoms with E-state index in [9.17, 15) is 0 Å². The highest BCUT2D eigenvalue weighted by Crippen LogP contribution is 2.52. The summed E-state index contributed by atoms with van der Waals surface area (Å²) < 4.78 is 0. The lowest BCUT2D eigenvalue weighted by Gasteiger charge is -2.21. The van der Waals surface area contributed by atoms with Gasteiger partial charge < -0.3 is 0 Å². The maximum absolute atomic E-state index is 5.26. The Hall–Kier alpha value is -7.75. The number of nitrogens with zero attached hydrogens (tertiary/aromatic N) is 3. The molecule has 3 nitrogen and oxygen atoms in total. The molecule has 1 aromatic heterocycles. The molecule has 3 heteroatoms. The number of hydrogen-bond donors (Lipinski definition) is 0. The van der Waals surface area contributed by atoms with Crippen LogP contribution in [0.3, 0.4) is 0 Å². The van der Waals surface area contributed by atoms with Crippen molar-refractivity contribution in [2.45, 2.75) is 19.3 Å². The van der Waals surface area contributed by atoms with Crippen LogP contribution in [-0.2, 0) is 5.41 Å². The topological polar surface area (TPSA) is 38.7 Å². The average molecular weight is 778 g/mol. The monoisotopic (exact) mass is 777 g/mol. The summed E-state index contributed by atoms with van der Waals surface area (Å²) >= 11 is 0. The highest BCUT2D eigenvalue weighted by Gasteiger charge is 2.37. The second-order valence-corrected chi connectivity index (χ2v) is 16.7. The molecule has 0 saturated carbocycles. The summed E-state index contributed by atoms with van der Waals surface area (Å²) in [5, 5.41) is 10.2. The lowest BCUT2D eigenvalue weighted by atomic mass is 9.82. The molecule has 1 heterocycles. The molecule has 10 aromatic carbocycles. The molecule has 1 aliphatic carbocycles. The van der Waals surface area contributed by atoms with E-state index in [4.69, 9.17) is 15.0 Å². The van der Waals surface area contributed by atoms with Gasteiger partial charge >= 0.3 is 0 Å². The first-order valence-corrected chi connectivity index (χ1v) is 21.0. The molecule has 0 aliphatic heterocycles. The van der Waals surface area contributed by atoms with Gasteiger partial charge in [0.1, 0.15) is 0 Å². The van der Waals surface area contributed by atoms with Crippen LogP contribution in [0.4, 0.5) is 0 Å². The first-order valence-electron chi connectivity index (χ1n) is 21.0. The summed E-state index contributed by atoms with van der Waals surface area (Å²) in [6.45, 7) is 4.61. The van der Waals surface area contributed by atoms with Crippen molar-refractivity contribution < 1.29 is 0 Å². The number of benzene rings is 10. The van der Waals surface area contributed by atoms with Crippen LogP contribution in [0, 0.1) is 0 Å². The molecule has 286 valence electrons. The second kappa shape index (κ2) is 13.7. The van der Waals surface area contributed by atoms with Gasteiger partial charge in [-0.2, -0.15) is 0 Å². The molecule has 0 atom stereocenters. The van der Waals surface area contributed by atoms with Crippen molar-refractivity contribution in [1.29, 1.82) is 0 Å². The summed E-state index contributed by atoms with van der Waals surface area (Å²) in [6.07, 6.45) is 0. The SMILES string of the molecule is CC1(C)c2ccccc2-c2c(-c3nc(-c4ccccc4)nc(-c4cccc(-c5ccc(-c6cc7c8ccccc8c8ccccc8c7c7ccccc67)cc5)c4)n3)cccc21. The van der Waals surface area contributed by atoms with Crippen LogP contribution in [0.2, 0.25) is 0 Å². The van der Waals surface area contributed by atoms with Crippen LogP contribution < -0.4 is 0 Å². The normalized spacial score (nSPS) is 12.9. The van der Waals surface area contributed by atoms with Gasteiger partial charge in [-0.05, 0) is 99.7 Å². The number of rotatable bonds is 5. The molecule has 0 N–H and O–H groups in total. The quantitative estimate of drug-likeness (QED) is 0.163. The average Bonchev–Trinajstić information content (AvgIpc) is 3.57. The molecule has 1 aliphatic rings. The molecule has 0 amide bonds. The molecule has 11 aromatic rings. The molecule has 61 heavy (non-hydrogen) atoms. The standard InChI is InChI=1S/C58H39N3/c1-58(2)51-28-13-12-26-47(51)54-48(27-15-29-52(54)58)57-60-55(38-16-4-3-5-17-38)59-56(61-57)40-19-14-18-39(34-40)36-30-32-37(33-31-36)49-35-50-43-22-7-6-20-41(43)42-21-8-10-24-45(42)53(50)46-25-11-9-23-44(46)49/h3-35H,1-2H3. The molecule has 0 bridgehead atoms. The fourth-order valence-electron chi connectivity index (χ4n) is 9.97. The van der Waals surface area contributed by atoms with E-state index in [1.807, 2.05) is 18.2 Å². The van der Waals surface area contributed by atoms with E-state index in [1.165, 1.54) is 76.5 Å². The molecule has 0 fully saturated rings. The van der Waals surface area contributed by atoms with Crippen molar-refractivity contribution in [3.05, 3.63) is 211 Å². The molecule has 12 rings (SSSR count). The fourth-order valence-corrected chi connectivity index (χ4v) is 9.97. The highest BCUT2D eigenvalue weighted by molar-refractivity contribution is 6.33. The van der Waals surface area contributed by atoms with E-state index in [2.05, 4.69) is 196 Å². The van der Waals surface area contributed by atoms with Crippen molar-refractivity contribution in [1.82, 2.24) is 15.0 Å². The summed E-state index contributed by atoms with van der Waals surface area (Å²) in [7, 11) is 0. The maximum atomic E-state index is 5.26. The van der Waals surface area contributed by atoms with E-state index in [-0.39, 0.29) is 5.41 Å². The van der Waals surface area contributed by atoms with Crippen molar-refractivity contribution in [3.63, 3.8) is 0 Å². The predicted molar refractivity (Wildman–Crippen MR) is 255 cm³/mol. The van der Waals surface area contributed by atoms with Gasteiger partial charge in [-0.15, -0.1) is 0 Å². The van der Waals surface area contributed by atoms with Crippen molar-refractivity contribution in [2.75, 3.05) is 0 Å². The van der Waals surface area contributed by atoms with Crippen LogP contribution in [0.1, 0.15) is 25.0 Å². The smallest absolute Gasteiger partial charge is 0.164 e. The molecular formula is C58H39N3. The second-order valence-electron chi connectivity index (χ2n) is 16.7. The minimum atomic E-state index is -0.130. The molecule has 0 saturated heterocycles. The Morgan fingerprint density at radius 2 is 0.787 bits per heavy atom. The first-order chi connectivity index (χ1) is 30.0. The molecular weight excluding hydrogens is 739 g/mol. The van der Waals surface area contributed by atoms with Gasteiger partial charge in [0.15, 0.2) is 17.5 Å². The summed E-state index contributed by atoms with van der Waals surface area (Å²) in [5.74, 6) is 1.97. The largest absolute Gasteiger partial charge is 0.208 e. The predicted octanol–water partition coefficient (Wildman–Crippen LogP) is 15.1. The minimum Gasteiger partial charge on any atom is -0.208 e. The van der Waals surface area contributed by atoms with Gasteiger partial charge in [-0.3, -0.25) is 0 Å². The zero-order chi connectivity index (χ0) is 40.7. The van der Waals surface area contributed by atoms with Gasteiger partial charge in [0.25, 0.3) is 0 Å². The summed E-state index contributed by atoms with van der Waals surface area (Å²) in [5.41, 5.74) is 12.5. The molecule has 0 radical (unpaired) electrons. The third kappa shape index (κ3) is 5.55. The van der Waals surface area contributed by atoms with Crippen molar-refractivity contribution in [3.8, 4) is 67.5 Å². The number of aromatic nitrogens is 3. The van der Waals surface area contributed by atoms with E-state index in [0.29, 0.717) is 17.5 Å². The maximum Gasteiger partial charge on any atom is 0.164 e. The highest BCUT2D eigenvalue weighted by atomic mass is 15.0. The minimum absolute atomic E-state index is 0.130. The van der Waals surface area contributed by atoms with Crippen LogP contribution in [0.15, 0.2) is 200 Å². The molecule has 0 unspecified atom stereocenters. The van der Waals surface area contributed by atoms with Crippen LogP contribution in [0.25, 0.3) is 111 Å². The van der Waals surface area contributed by atoms with E-state index < -0.39 is 0 Å². The van der Waals surface area contributed by atoms with Crippen molar-refractivity contribution >= 4 is 43.1 Å². The van der Waals surface area contributed by atoms with Crippen molar-refractivity contribution in [2.24, 2.45) is 0 Å². The lowest BCUT2D eigenvalue weighted by molar-refractivity contribution is 0.660. The third-order valence-electron chi connectivity index (χ3n) is 12.9. The van der Waals surface area contributed by atoms with Gasteiger partial charge in [-0.25, -0.2) is 15.0 Å². The number of fused-ring (bicyclic) bond motifs is 11. The fraction of sp³-hybridized carbons (Fsp3) is 0.0517. The van der Waals surface area contributed by atoms with Crippen LogP contribution >= 0.6 is 0 Å². The first kappa shape index (κ1) is 35.2. The lowest BCUT2D eigenvalue weighted by Crippen LogP contribution is -2.14. The molecule has 0 spiro atoms.